The smallest absolute Gasteiger partial charge is 0.264 e. The minimum atomic E-state index is -4.03. The van der Waals surface area contributed by atoms with Gasteiger partial charge in [-0.15, -0.1) is 0 Å². The minimum Gasteiger partial charge on any atom is -0.494 e. The number of nitrogens with one attached hydrogen (secondary N) is 1. The zero-order chi connectivity index (χ0) is 22.1. The van der Waals surface area contributed by atoms with E-state index < -0.39 is 10.0 Å². The normalized spacial score (nSPS) is 15.6. The number of benzene rings is 2. The Balaban J connectivity index is 2.10. The number of halogens is 1. The van der Waals surface area contributed by atoms with Crippen LogP contribution in [-0.4, -0.2) is 33.6 Å². The maximum Gasteiger partial charge on any atom is 0.264 e. The van der Waals surface area contributed by atoms with E-state index in [0.717, 1.165) is 5.56 Å². The summed E-state index contributed by atoms with van der Waals surface area (Å²) in [6.07, 6.45) is 0.584. The third-order valence-corrected chi connectivity index (χ3v) is 6.59. The molecule has 0 radical (unpaired) electrons. The Morgan fingerprint density at radius 2 is 1.90 bits per heavy atom. The van der Waals surface area contributed by atoms with Crippen LogP contribution in [0.4, 0.5) is 11.4 Å². The fourth-order valence-electron chi connectivity index (χ4n) is 3.69. The Morgan fingerprint density at radius 3 is 2.53 bits per heavy atom. The molecule has 1 heterocycles. The van der Waals surface area contributed by atoms with Gasteiger partial charge in [0, 0.05) is 23.5 Å². The van der Waals surface area contributed by atoms with Gasteiger partial charge in [0.25, 0.3) is 10.0 Å². The van der Waals surface area contributed by atoms with Gasteiger partial charge in [-0.3, -0.25) is 9.52 Å². The van der Waals surface area contributed by atoms with Crippen molar-refractivity contribution < 1.29 is 22.7 Å². The highest BCUT2D eigenvalue weighted by Gasteiger charge is 2.35. The van der Waals surface area contributed by atoms with Crippen LogP contribution < -0.4 is 19.1 Å². The summed E-state index contributed by atoms with van der Waals surface area (Å²) in [7, 11) is -4.03. The average Bonchev–Trinajstić information content (AvgIpc) is 2.98. The summed E-state index contributed by atoms with van der Waals surface area (Å²) in [5, 5.41) is 0. The maximum atomic E-state index is 13.4. The molecule has 2 aromatic rings. The molecule has 1 amide bonds. The minimum absolute atomic E-state index is 0.0377. The summed E-state index contributed by atoms with van der Waals surface area (Å²) in [5.74, 6) is 0.721. The van der Waals surface area contributed by atoms with Crippen molar-refractivity contribution in [3.8, 4) is 11.5 Å². The number of amides is 1. The molecule has 0 bridgehead atoms. The van der Waals surface area contributed by atoms with E-state index in [2.05, 4.69) is 20.7 Å². The predicted molar refractivity (Wildman–Crippen MR) is 120 cm³/mol. The lowest BCUT2D eigenvalue weighted by Gasteiger charge is -2.23. The van der Waals surface area contributed by atoms with E-state index in [1.807, 2.05) is 26.8 Å². The largest absolute Gasteiger partial charge is 0.494 e. The Kier molecular flexibility index (Phi) is 6.62. The monoisotopic (exact) mass is 496 g/mol. The van der Waals surface area contributed by atoms with Crippen LogP contribution in [0.1, 0.15) is 33.3 Å². The number of rotatable bonds is 7. The van der Waals surface area contributed by atoms with Crippen molar-refractivity contribution in [1.29, 1.82) is 0 Å². The fourth-order valence-corrected chi connectivity index (χ4v) is 5.67. The first-order valence-electron chi connectivity index (χ1n) is 9.72. The third-order valence-electron chi connectivity index (χ3n) is 4.75. The van der Waals surface area contributed by atoms with E-state index in [1.54, 1.807) is 18.2 Å². The van der Waals surface area contributed by atoms with E-state index in [1.165, 1.54) is 17.9 Å². The maximum absolute atomic E-state index is 13.4. The van der Waals surface area contributed by atoms with Crippen LogP contribution in [0.2, 0.25) is 0 Å². The first-order chi connectivity index (χ1) is 14.2. The van der Waals surface area contributed by atoms with Gasteiger partial charge >= 0.3 is 0 Å². The van der Waals surface area contributed by atoms with Gasteiger partial charge in [0.05, 0.1) is 24.6 Å². The second kappa shape index (κ2) is 8.85. The van der Waals surface area contributed by atoms with Crippen molar-refractivity contribution in [2.45, 2.75) is 45.1 Å². The number of ether oxygens (including phenoxy) is 2. The van der Waals surface area contributed by atoms with E-state index in [9.17, 15) is 13.2 Å². The number of carbonyl (C=O) groups is 1. The molecule has 0 aliphatic carbocycles. The molecule has 2 aromatic carbocycles. The van der Waals surface area contributed by atoms with Crippen LogP contribution >= 0.6 is 15.9 Å². The van der Waals surface area contributed by atoms with Crippen LogP contribution in [0.15, 0.2) is 39.7 Å². The molecule has 7 nitrogen and oxygen atoms in total. The van der Waals surface area contributed by atoms with Gasteiger partial charge in [0.2, 0.25) is 5.91 Å². The second-order valence-corrected chi connectivity index (χ2v) is 9.55. The van der Waals surface area contributed by atoms with Gasteiger partial charge in [-0.1, -0.05) is 15.9 Å². The number of nitrogens with zero attached hydrogens (tertiary/aromatic N) is 1. The van der Waals surface area contributed by atoms with Gasteiger partial charge in [0.15, 0.2) is 0 Å². The first-order valence-corrected chi connectivity index (χ1v) is 12.0. The van der Waals surface area contributed by atoms with Gasteiger partial charge in [-0.25, -0.2) is 8.42 Å². The molecule has 3 rings (SSSR count). The molecular weight excluding hydrogens is 472 g/mol. The highest BCUT2D eigenvalue weighted by atomic mass is 79.9. The molecule has 30 heavy (non-hydrogen) atoms. The Morgan fingerprint density at radius 1 is 1.20 bits per heavy atom. The number of anilines is 2. The Hall–Kier alpha value is -2.26. The molecular formula is C21H25BrN2O5S. The SMILES string of the molecule is CCOc1ccc(OCC)c(NS(=O)(=O)c2cc(Br)cc3c2N(C(C)=O)[C@H](C)C3)c1. The third kappa shape index (κ3) is 4.41. The summed E-state index contributed by atoms with van der Waals surface area (Å²) < 4.78 is 41.2. The van der Waals surface area contributed by atoms with Crippen LogP contribution in [0, 0.1) is 0 Å². The van der Waals surface area contributed by atoms with Gasteiger partial charge < -0.3 is 14.4 Å². The summed E-state index contributed by atoms with van der Waals surface area (Å²) in [5.41, 5.74) is 1.50. The summed E-state index contributed by atoms with van der Waals surface area (Å²) >= 11 is 3.40. The molecule has 9 heteroatoms. The Labute approximate surface area is 185 Å². The van der Waals surface area contributed by atoms with Gasteiger partial charge in [0.1, 0.15) is 16.4 Å². The summed E-state index contributed by atoms with van der Waals surface area (Å²) in [6, 6.07) is 8.23. The van der Waals surface area contributed by atoms with Crippen molar-refractivity contribution in [1.82, 2.24) is 0 Å². The zero-order valence-corrected chi connectivity index (χ0v) is 19.8. The van der Waals surface area contributed by atoms with Crippen LogP contribution in [-0.2, 0) is 21.2 Å². The highest BCUT2D eigenvalue weighted by Crippen LogP contribution is 2.41. The topological polar surface area (TPSA) is 84.9 Å². The van der Waals surface area contributed by atoms with Crippen molar-refractivity contribution >= 4 is 43.2 Å². The fraction of sp³-hybridized carbons (Fsp3) is 0.381. The molecule has 0 fully saturated rings. The van der Waals surface area contributed by atoms with Crippen LogP contribution in [0.3, 0.4) is 0 Å². The highest BCUT2D eigenvalue weighted by molar-refractivity contribution is 9.10. The molecule has 1 N–H and O–H groups in total. The standard InChI is InChI=1S/C21H25BrN2O5S/c1-5-28-17-7-8-19(29-6-2)18(12-17)23-30(26,27)20-11-16(22)10-15-9-13(3)24(14(4)25)21(15)20/h7-8,10-13,23H,5-6,9H2,1-4H3/t13-/m1/s1. The molecule has 0 aromatic heterocycles. The average molecular weight is 497 g/mol. The predicted octanol–water partition coefficient (Wildman–Crippen LogP) is 4.34. The molecule has 0 saturated carbocycles. The van der Waals surface area contributed by atoms with Crippen molar-refractivity contribution in [3.05, 3.63) is 40.4 Å². The van der Waals surface area contributed by atoms with E-state index in [-0.39, 0.29) is 22.5 Å². The van der Waals surface area contributed by atoms with E-state index >= 15 is 0 Å². The van der Waals surface area contributed by atoms with Crippen LogP contribution in [0.25, 0.3) is 0 Å². The summed E-state index contributed by atoms with van der Waals surface area (Å²) in [4.78, 5) is 13.8. The number of hydrogen-bond acceptors (Lipinski definition) is 5. The number of fused-ring (bicyclic) bond motifs is 1. The van der Waals surface area contributed by atoms with Gasteiger partial charge in [-0.2, -0.15) is 0 Å². The molecule has 1 aliphatic rings. The zero-order valence-electron chi connectivity index (χ0n) is 17.4. The van der Waals surface area contributed by atoms with Crippen molar-refractivity contribution in [2.75, 3.05) is 22.8 Å². The molecule has 1 atom stereocenters. The lowest BCUT2D eigenvalue weighted by molar-refractivity contribution is -0.116. The summed E-state index contributed by atoms with van der Waals surface area (Å²) in [6.45, 7) is 7.84. The molecule has 162 valence electrons. The lowest BCUT2D eigenvalue weighted by Crippen LogP contribution is -2.34. The van der Waals surface area contributed by atoms with Crippen molar-refractivity contribution in [3.63, 3.8) is 0 Å². The first kappa shape index (κ1) is 22.4. The quantitative estimate of drug-likeness (QED) is 0.615. The van der Waals surface area contributed by atoms with E-state index in [4.69, 9.17) is 9.47 Å². The second-order valence-electron chi connectivity index (χ2n) is 6.98. The number of sulfonamides is 1. The molecule has 0 saturated heterocycles. The van der Waals surface area contributed by atoms with Gasteiger partial charge in [-0.05, 0) is 57.0 Å². The molecule has 1 aliphatic heterocycles. The molecule has 0 unspecified atom stereocenters. The van der Waals surface area contributed by atoms with Crippen LogP contribution in [0.5, 0.6) is 11.5 Å². The Bertz CT molecular complexity index is 1070. The van der Waals surface area contributed by atoms with Crippen molar-refractivity contribution in [2.24, 2.45) is 0 Å². The molecule has 0 spiro atoms. The number of hydrogen-bond donors (Lipinski definition) is 1. The lowest BCUT2D eigenvalue weighted by atomic mass is 10.1. The number of carbonyl (C=O) groups excluding carboxylic acids is 1. The van der Waals surface area contributed by atoms with E-state index in [0.29, 0.717) is 41.3 Å².